The van der Waals surface area contributed by atoms with E-state index < -0.39 is 10.0 Å². The van der Waals surface area contributed by atoms with E-state index in [1.165, 1.54) is 19.2 Å². The third-order valence-electron chi connectivity index (χ3n) is 6.35. The molecule has 2 aromatic heterocycles. The number of aromatic nitrogens is 3. The van der Waals surface area contributed by atoms with Crippen molar-refractivity contribution in [2.24, 2.45) is 0 Å². The molecule has 0 unspecified atom stereocenters. The predicted octanol–water partition coefficient (Wildman–Crippen LogP) is 3.39. The molecule has 0 radical (unpaired) electrons. The highest BCUT2D eigenvalue weighted by molar-refractivity contribution is 7.89. The van der Waals surface area contributed by atoms with Crippen LogP contribution in [-0.4, -0.2) is 38.0 Å². The predicted molar refractivity (Wildman–Crippen MR) is 153 cm³/mol. The van der Waals surface area contributed by atoms with Gasteiger partial charge < -0.3 is 10.1 Å². The lowest BCUT2D eigenvalue weighted by Crippen LogP contribution is -2.23. The molecule has 8 nitrogen and oxygen atoms in total. The average Bonchev–Trinajstić information content (AvgIpc) is 3.32. The Hall–Kier alpha value is -3.60. The highest BCUT2D eigenvalue weighted by Gasteiger charge is 2.16. The summed E-state index contributed by atoms with van der Waals surface area (Å²) in [6.07, 6.45) is 7.68. The summed E-state index contributed by atoms with van der Waals surface area (Å²) < 4.78 is 34.9. The van der Waals surface area contributed by atoms with Gasteiger partial charge in [0.1, 0.15) is 19.4 Å². The summed E-state index contributed by atoms with van der Waals surface area (Å²) in [7, 11) is -0.173. The van der Waals surface area contributed by atoms with Gasteiger partial charge in [0.25, 0.3) is 0 Å². The number of fused-ring (bicyclic) bond motifs is 1. The molecule has 0 fully saturated rings. The molecule has 0 atom stereocenters. The average molecular weight is 548 g/mol. The minimum atomic E-state index is -3.66. The zero-order valence-electron chi connectivity index (χ0n) is 21.1. The third-order valence-corrected chi connectivity index (χ3v) is 8.14. The Balaban J connectivity index is 1.28. The van der Waals surface area contributed by atoms with Crippen molar-refractivity contribution in [2.45, 2.75) is 30.8 Å². The van der Waals surface area contributed by atoms with Crippen molar-refractivity contribution < 1.29 is 13.2 Å². The Morgan fingerprint density at radius 1 is 1.11 bits per heavy atom. The van der Waals surface area contributed by atoms with Crippen LogP contribution in [0.5, 0.6) is 5.75 Å². The van der Waals surface area contributed by atoms with Gasteiger partial charge in [-0.25, -0.2) is 18.1 Å². The van der Waals surface area contributed by atoms with Crippen LogP contribution in [0.1, 0.15) is 29.7 Å². The van der Waals surface area contributed by atoms with Crippen LogP contribution < -0.4 is 20.2 Å². The molecular weight excluding hydrogens is 521 g/mol. The number of benzene rings is 2. The van der Waals surface area contributed by atoms with Crippen LogP contribution in [0.2, 0.25) is 0 Å². The number of nitrogens with zero attached hydrogens (tertiary/aromatic N) is 3. The Bertz CT molecular complexity index is 1650. The van der Waals surface area contributed by atoms with E-state index in [0.717, 1.165) is 57.2 Å². The lowest BCUT2D eigenvalue weighted by Gasteiger charge is -2.14. The zero-order valence-corrected chi connectivity index (χ0v) is 22.7. The summed E-state index contributed by atoms with van der Waals surface area (Å²) >= 11 is 6.52. The molecule has 5 rings (SSSR count). The van der Waals surface area contributed by atoms with Crippen LogP contribution in [0.25, 0.3) is 11.2 Å². The molecule has 0 amide bonds. The summed E-state index contributed by atoms with van der Waals surface area (Å²) in [5, 5.41) is 8.76. The first-order chi connectivity index (χ1) is 18.3. The van der Waals surface area contributed by atoms with Gasteiger partial charge in [-0.2, -0.15) is 9.61 Å². The fourth-order valence-corrected chi connectivity index (χ4v) is 5.52. The van der Waals surface area contributed by atoms with Crippen molar-refractivity contribution in [2.75, 3.05) is 12.4 Å². The number of sulfonamides is 1. The van der Waals surface area contributed by atoms with Gasteiger partial charge in [0, 0.05) is 42.0 Å². The van der Waals surface area contributed by atoms with Gasteiger partial charge in [-0.3, -0.25) is 0 Å². The van der Waals surface area contributed by atoms with E-state index in [-0.39, 0.29) is 11.4 Å². The number of nitrogens with one attached hydrogen (secondary N) is 2. The number of hydrogen-bond donors (Lipinski definition) is 2. The smallest absolute Gasteiger partial charge is 0.241 e. The van der Waals surface area contributed by atoms with Gasteiger partial charge in [0.05, 0.1) is 17.7 Å². The second kappa shape index (κ2) is 11.0. The lowest BCUT2D eigenvalue weighted by molar-refractivity contribution is 0.413. The molecule has 2 aromatic carbocycles. The maximum Gasteiger partial charge on any atom is 0.241 e. The molecule has 2 N–H and O–H groups in total. The number of rotatable bonds is 9. The lowest BCUT2D eigenvalue weighted by atomic mass is 10.00. The van der Waals surface area contributed by atoms with Crippen LogP contribution >= 0.6 is 11.6 Å². The highest BCUT2D eigenvalue weighted by Crippen LogP contribution is 2.30. The molecule has 0 saturated heterocycles. The van der Waals surface area contributed by atoms with E-state index in [4.69, 9.17) is 21.3 Å². The van der Waals surface area contributed by atoms with Gasteiger partial charge in [0.15, 0.2) is 5.65 Å². The van der Waals surface area contributed by atoms with E-state index in [9.17, 15) is 8.42 Å². The summed E-state index contributed by atoms with van der Waals surface area (Å²) in [4.78, 5) is 4.97. The number of anilines is 1. The number of allylic oxidation sites excluding steroid dienone is 4. The molecule has 1 aliphatic carbocycles. The second-order valence-electron chi connectivity index (χ2n) is 9.02. The van der Waals surface area contributed by atoms with Crippen molar-refractivity contribution in [3.05, 3.63) is 94.8 Å². The first-order valence-electron chi connectivity index (χ1n) is 12.2. The van der Waals surface area contributed by atoms with Gasteiger partial charge >= 0.3 is 0 Å². The molecule has 2 heterocycles. The van der Waals surface area contributed by atoms with E-state index >= 15 is 0 Å². The minimum Gasteiger partial charge on any atom is -0.497 e. The molecule has 0 bridgehead atoms. The molecule has 0 spiro atoms. The molecule has 11 heteroatoms. The Labute approximate surface area is 227 Å². The van der Waals surface area contributed by atoms with Crippen LogP contribution in [-0.2, 0) is 23.1 Å². The number of ether oxygens (including phenoxy) is 1. The molecule has 0 aliphatic heterocycles. The molecule has 194 valence electrons. The van der Waals surface area contributed by atoms with Gasteiger partial charge in [-0.15, -0.1) is 0 Å². The van der Waals surface area contributed by atoms with Crippen LogP contribution in [0.3, 0.4) is 0 Å². The maximum absolute atomic E-state index is 12.7. The zero-order chi connectivity index (χ0) is 26.7. The van der Waals surface area contributed by atoms with Crippen LogP contribution in [0.15, 0.2) is 82.9 Å². The van der Waals surface area contributed by atoms with Crippen molar-refractivity contribution in [3.63, 3.8) is 0 Å². The van der Waals surface area contributed by atoms with Crippen molar-refractivity contribution in [1.29, 1.82) is 0 Å². The van der Waals surface area contributed by atoms with Crippen LogP contribution in [0.4, 0.5) is 5.82 Å². The number of hydrogen-bond acceptors (Lipinski definition) is 6. The summed E-state index contributed by atoms with van der Waals surface area (Å²) in [5.41, 5.74) is 5.39. The van der Waals surface area contributed by atoms with Crippen molar-refractivity contribution in [1.82, 2.24) is 19.3 Å². The Morgan fingerprint density at radius 3 is 2.61 bits per heavy atom. The van der Waals surface area contributed by atoms with Gasteiger partial charge in [-0.1, -0.05) is 54.1 Å². The van der Waals surface area contributed by atoms with E-state index in [1.54, 1.807) is 22.8 Å². The fraction of sp³-hybridized carbons (Fsp3) is 0.185. The highest BCUT2D eigenvalue weighted by atomic mass is 35.5. The molecule has 1 aliphatic rings. The van der Waals surface area contributed by atoms with Crippen LogP contribution in [0, 0.1) is 0 Å². The first-order valence-corrected chi connectivity index (χ1v) is 14.1. The van der Waals surface area contributed by atoms with Crippen molar-refractivity contribution in [3.8, 4) is 5.75 Å². The third kappa shape index (κ3) is 5.62. The SMILES string of the molecule is Bc1cnn2c(NCc3ccc(CNS(=O)(=O)c4cccc(OC)c4)cc3)cc(C3=C(Cl)CCC=C3)nc12. The van der Waals surface area contributed by atoms with E-state index in [1.807, 2.05) is 44.3 Å². The molecule has 0 saturated carbocycles. The summed E-state index contributed by atoms with van der Waals surface area (Å²) in [6.45, 7) is 0.730. The molecular formula is C27H27BClN5O3S. The molecule has 38 heavy (non-hydrogen) atoms. The Morgan fingerprint density at radius 2 is 1.87 bits per heavy atom. The second-order valence-corrected chi connectivity index (χ2v) is 11.2. The normalized spacial score (nSPS) is 13.7. The monoisotopic (exact) mass is 547 g/mol. The molecule has 4 aromatic rings. The fourth-order valence-electron chi connectivity index (χ4n) is 4.19. The standard InChI is InChI=1S/C27H27BClN5O3S/c1-37-20-5-4-6-21(13-20)38(35,36)32-16-19-11-9-18(10-12-19)15-30-26-14-25(22-7-2-3-8-24(22)29)33-27-23(28)17-31-34(26)27/h2,4-7,9-14,17,30,32H,3,8,15-16,28H2,1H3. The number of halogens is 1. The quantitative estimate of drug-likeness (QED) is 0.312. The van der Waals surface area contributed by atoms with E-state index in [2.05, 4.69) is 21.2 Å². The Kier molecular flexibility index (Phi) is 7.55. The van der Waals surface area contributed by atoms with Gasteiger partial charge in [-0.05, 0) is 41.6 Å². The van der Waals surface area contributed by atoms with Crippen molar-refractivity contribution >= 4 is 52.0 Å². The first kappa shape index (κ1) is 26.0. The maximum atomic E-state index is 12.7. The topological polar surface area (TPSA) is 97.6 Å². The summed E-state index contributed by atoms with van der Waals surface area (Å²) in [6, 6.07) is 16.1. The number of methoxy groups -OCH3 is 1. The minimum absolute atomic E-state index is 0.162. The summed E-state index contributed by atoms with van der Waals surface area (Å²) in [5.74, 6) is 1.30. The van der Waals surface area contributed by atoms with E-state index in [0.29, 0.717) is 12.3 Å². The largest absolute Gasteiger partial charge is 0.497 e. The van der Waals surface area contributed by atoms with Gasteiger partial charge in [0.2, 0.25) is 10.0 Å².